The number of aryl methyl sites for hydroxylation is 1. The van der Waals surface area contributed by atoms with Gasteiger partial charge < -0.3 is 5.32 Å². The highest BCUT2D eigenvalue weighted by Crippen LogP contribution is 2.32. The van der Waals surface area contributed by atoms with Crippen molar-refractivity contribution in [1.82, 2.24) is 29.8 Å². The van der Waals surface area contributed by atoms with E-state index in [1.807, 2.05) is 24.1 Å². The standard InChI is InChI=1S/C18H26N6O/c1-22-10-15(9-21-22)11-23-12-16(24-17(13-23)5-7-20-24)4-6-19-18(25)8-14-2-3-14/h5,7,9-10,14,16H,2-4,6,8,11-13H2,1H3,(H,19,25)/t16-/m1/s1. The summed E-state index contributed by atoms with van der Waals surface area (Å²) in [5.74, 6) is 0.841. The van der Waals surface area contributed by atoms with Crippen molar-refractivity contribution in [3.05, 3.63) is 35.9 Å². The topological polar surface area (TPSA) is 68.0 Å². The van der Waals surface area contributed by atoms with Crippen LogP contribution in [0.4, 0.5) is 0 Å². The van der Waals surface area contributed by atoms with Crippen LogP contribution >= 0.6 is 0 Å². The summed E-state index contributed by atoms with van der Waals surface area (Å²) in [7, 11) is 1.95. The number of nitrogens with one attached hydrogen (secondary N) is 1. The van der Waals surface area contributed by atoms with Crippen LogP contribution in [0, 0.1) is 5.92 Å². The highest BCUT2D eigenvalue weighted by molar-refractivity contribution is 5.76. The fourth-order valence-corrected chi connectivity index (χ4v) is 3.64. The zero-order chi connectivity index (χ0) is 17.2. The van der Waals surface area contributed by atoms with Crippen molar-refractivity contribution in [2.75, 3.05) is 13.1 Å². The molecule has 7 heteroatoms. The van der Waals surface area contributed by atoms with Crippen molar-refractivity contribution < 1.29 is 4.79 Å². The molecule has 0 unspecified atom stereocenters. The minimum Gasteiger partial charge on any atom is -0.356 e. The van der Waals surface area contributed by atoms with Crippen LogP contribution < -0.4 is 5.32 Å². The first kappa shape index (κ1) is 16.3. The van der Waals surface area contributed by atoms with E-state index in [1.54, 1.807) is 0 Å². The highest BCUT2D eigenvalue weighted by atomic mass is 16.1. The van der Waals surface area contributed by atoms with Gasteiger partial charge in [-0.2, -0.15) is 10.2 Å². The molecular weight excluding hydrogens is 316 g/mol. The van der Waals surface area contributed by atoms with Gasteiger partial charge >= 0.3 is 0 Å². The van der Waals surface area contributed by atoms with Gasteiger partial charge in [-0.3, -0.25) is 19.1 Å². The van der Waals surface area contributed by atoms with Crippen LogP contribution in [0.15, 0.2) is 24.7 Å². The Hall–Kier alpha value is -2.15. The molecule has 4 rings (SSSR count). The van der Waals surface area contributed by atoms with E-state index >= 15 is 0 Å². The molecule has 134 valence electrons. The van der Waals surface area contributed by atoms with Gasteiger partial charge in [-0.15, -0.1) is 0 Å². The fourth-order valence-electron chi connectivity index (χ4n) is 3.64. The lowest BCUT2D eigenvalue weighted by Gasteiger charge is -2.33. The number of nitrogens with zero attached hydrogens (tertiary/aromatic N) is 5. The summed E-state index contributed by atoms with van der Waals surface area (Å²) in [5.41, 5.74) is 2.47. The van der Waals surface area contributed by atoms with E-state index in [-0.39, 0.29) is 5.91 Å². The molecular formula is C18H26N6O. The third-order valence-electron chi connectivity index (χ3n) is 5.09. The molecule has 2 aliphatic rings. The first-order valence-corrected chi connectivity index (χ1v) is 9.16. The van der Waals surface area contributed by atoms with Crippen LogP contribution in [-0.2, 0) is 24.9 Å². The summed E-state index contributed by atoms with van der Waals surface area (Å²) < 4.78 is 3.98. The number of hydrogen-bond acceptors (Lipinski definition) is 4. The Labute approximate surface area is 148 Å². The third kappa shape index (κ3) is 4.10. The second-order valence-corrected chi connectivity index (χ2v) is 7.40. The van der Waals surface area contributed by atoms with Gasteiger partial charge in [0.05, 0.1) is 17.9 Å². The Morgan fingerprint density at radius 2 is 2.24 bits per heavy atom. The van der Waals surface area contributed by atoms with E-state index in [0.29, 0.717) is 18.4 Å². The zero-order valence-electron chi connectivity index (χ0n) is 14.8. The quantitative estimate of drug-likeness (QED) is 0.828. The lowest BCUT2D eigenvalue weighted by atomic mass is 10.1. The second kappa shape index (κ2) is 7.00. The van der Waals surface area contributed by atoms with Gasteiger partial charge in [0.25, 0.3) is 0 Å². The molecule has 1 aliphatic heterocycles. The van der Waals surface area contributed by atoms with E-state index < -0.39 is 0 Å². The molecule has 25 heavy (non-hydrogen) atoms. The summed E-state index contributed by atoms with van der Waals surface area (Å²) >= 11 is 0. The van der Waals surface area contributed by atoms with E-state index in [2.05, 4.69) is 37.4 Å². The highest BCUT2D eigenvalue weighted by Gasteiger charge is 2.27. The number of rotatable bonds is 7. The largest absolute Gasteiger partial charge is 0.356 e. The molecule has 2 aromatic rings. The molecule has 0 radical (unpaired) electrons. The van der Waals surface area contributed by atoms with Gasteiger partial charge in [0, 0.05) is 57.6 Å². The third-order valence-corrected chi connectivity index (χ3v) is 5.09. The SMILES string of the molecule is Cn1cc(CN2Cc3ccnn3[C@H](CCNC(=O)CC3CC3)C2)cn1. The maximum absolute atomic E-state index is 11.9. The van der Waals surface area contributed by atoms with Crippen molar-refractivity contribution in [2.45, 2.75) is 44.8 Å². The van der Waals surface area contributed by atoms with Crippen LogP contribution in [0.1, 0.15) is 43.0 Å². The molecule has 0 bridgehead atoms. The molecule has 1 saturated carbocycles. The first-order valence-electron chi connectivity index (χ1n) is 9.16. The summed E-state index contributed by atoms with van der Waals surface area (Å²) in [4.78, 5) is 14.3. The zero-order valence-corrected chi connectivity index (χ0v) is 14.8. The molecule has 1 fully saturated rings. The second-order valence-electron chi connectivity index (χ2n) is 7.40. The average molecular weight is 342 g/mol. The maximum Gasteiger partial charge on any atom is 0.220 e. The van der Waals surface area contributed by atoms with Gasteiger partial charge in [-0.05, 0) is 31.2 Å². The molecule has 7 nitrogen and oxygen atoms in total. The van der Waals surface area contributed by atoms with Crippen LogP contribution in [0.3, 0.4) is 0 Å². The average Bonchev–Trinajstić information content (AvgIpc) is 3.09. The predicted octanol–water partition coefficient (Wildman–Crippen LogP) is 1.48. The number of carbonyl (C=O) groups is 1. The maximum atomic E-state index is 11.9. The van der Waals surface area contributed by atoms with Gasteiger partial charge in [-0.1, -0.05) is 0 Å². The van der Waals surface area contributed by atoms with E-state index in [4.69, 9.17) is 0 Å². The van der Waals surface area contributed by atoms with Crippen molar-refractivity contribution in [1.29, 1.82) is 0 Å². The van der Waals surface area contributed by atoms with Crippen LogP contribution in [0.2, 0.25) is 0 Å². The lowest BCUT2D eigenvalue weighted by Crippen LogP contribution is -2.38. The summed E-state index contributed by atoms with van der Waals surface area (Å²) in [6.07, 6.45) is 9.92. The Morgan fingerprint density at radius 1 is 1.36 bits per heavy atom. The summed E-state index contributed by atoms with van der Waals surface area (Å²) in [6.45, 7) is 3.46. The van der Waals surface area contributed by atoms with Crippen LogP contribution in [-0.4, -0.2) is 43.5 Å². The summed E-state index contributed by atoms with van der Waals surface area (Å²) in [5, 5.41) is 11.8. The molecule has 1 aliphatic carbocycles. The summed E-state index contributed by atoms with van der Waals surface area (Å²) in [6, 6.07) is 2.39. The smallest absolute Gasteiger partial charge is 0.220 e. The van der Waals surface area contributed by atoms with Gasteiger partial charge in [0.15, 0.2) is 0 Å². The molecule has 0 spiro atoms. The van der Waals surface area contributed by atoms with E-state index in [0.717, 1.165) is 32.6 Å². The van der Waals surface area contributed by atoms with Crippen molar-refractivity contribution in [3.63, 3.8) is 0 Å². The molecule has 1 N–H and O–H groups in total. The van der Waals surface area contributed by atoms with E-state index in [9.17, 15) is 4.79 Å². The molecule has 2 aromatic heterocycles. The molecule has 0 aromatic carbocycles. The van der Waals surface area contributed by atoms with Crippen molar-refractivity contribution in [2.24, 2.45) is 13.0 Å². The Bertz CT molecular complexity index is 732. The number of fused-ring (bicyclic) bond motifs is 1. The number of hydrogen-bond donors (Lipinski definition) is 1. The fraction of sp³-hybridized carbons (Fsp3) is 0.611. The molecule has 1 atom stereocenters. The normalized spacial score (nSPS) is 20.4. The number of carbonyl (C=O) groups excluding carboxylic acids is 1. The molecule has 0 saturated heterocycles. The van der Waals surface area contributed by atoms with Crippen LogP contribution in [0.25, 0.3) is 0 Å². The first-order chi connectivity index (χ1) is 12.2. The Morgan fingerprint density at radius 3 is 3.00 bits per heavy atom. The van der Waals surface area contributed by atoms with Crippen molar-refractivity contribution >= 4 is 5.91 Å². The van der Waals surface area contributed by atoms with Gasteiger partial charge in [0.2, 0.25) is 5.91 Å². The predicted molar refractivity (Wildman–Crippen MR) is 93.6 cm³/mol. The number of aromatic nitrogens is 4. The molecule has 3 heterocycles. The van der Waals surface area contributed by atoms with E-state index in [1.165, 1.54) is 24.1 Å². The monoisotopic (exact) mass is 342 g/mol. The number of amides is 1. The molecule has 1 amide bonds. The minimum atomic E-state index is 0.200. The minimum absolute atomic E-state index is 0.200. The van der Waals surface area contributed by atoms with Crippen LogP contribution in [0.5, 0.6) is 0 Å². The lowest BCUT2D eigenvalue weighted by molar-refractivity contribution is -0.121. The van der Waals surface area contributed by atoms with Gasteiger partial charge in [-0.25, -0.2) is 0 Å². The van der Waals surface area contributed by atoms with Crippen molar-refractivity contribution in [3.8, 4) is 0 Å². The Balaban J connectivity index is 1.34. The Kier molecular flexibility index (Phi) is 4.57. The van der Waals surface area contributed by atoms with Gasteiger partial charge in [0.1, 0.15) is 0 Å².